The monoisotopic (exact) mass is 501 g/mol. The highest BCUT2D eigenvalue weighted by molar-refractivity contribution is 9.10. The molecule has 0 unspecified atom stereocenters. The summed E-state index contributed by atoms with van der Waals surface area (Å²) in [6, 6.07) is 8.64. The van der Waals surface area contributed by atoms with Gasteiger partial charge in [-0.25, -0.2) is 0 Å². The van der Waals surface area contributed by atoms with Gasteiger partial charge >= 0.3 is 0 Å². The van der Waals surface area contributed by atoms with E-state index in [1.807, 2.05) is 13.1 Å². The first kappa shape index (κ1) is 19.0. The second-order valence-corrected chi connectivity index (χ2v) is 7.55. The predicted octanol–water partition coefficient (Wildman–Crippen LogP) is 4.70. The average molecular weight is 504 g/mol. The van der Waals surface area contributed by atoms with Gasteiger partial charge < -0.3 is 14.5 Å². The number of aryl methyl sites for hydroxylation is 1. The summed E-state index contributed by atoms with van der Waals surface area (Å²) in [7, 11) is 1.81. The SMILES string of the molecule is Cn1ncc(Br)c1CNC(=O)c1ccc(COc2ccc(Br)cc2Cl)o1. The fraction of sp³-hybridized carbons (Fsp3) is 0.176. The van der Waals surface area contributed by atoms with E-state index in [4.69, 9.17) is 20.8 Å². The summed E-state index contributed by atoms with van der Waals surface area (Å²) in [5, 5.41) is 7.39. The number of amides is 1. The van der Waals surface area contributed by atoms with Gasteiger partial charge in [0.2, 0.25) is 0 Å². The van der Waals surface area contributed by atoms with Crippen molar-refractivity contribution < 1.29 is 13.9 Å². The van der Waals surface area contributed by atoms with Crippen molar-refractivity contribution in [3.63, 3.8) is 0 Å². The summed E-state index contributed by atoms with van der Waals surface area (Å²) < 4.78 is 14.6. The van der Waals surface area contributed by atoms with E-state index in [1.54, 1.807) is 35.1 Å². The maximum absolute atomic E-state index is 12.2. The van der Waals surface area contributed by atoms with E-state index >= 15 is 0 Å². The summed E-state index contributed by atoms with van der Waals surface area (Å²) in [5.74, 6) is 0.962. The third-order valence-corrected chi connectivity index (χ3v) is 5.03. The molecule has 2 heterocycles. The molecule has 0 radical (unpaired) electrons. The third-order valence-electron chi connectivity index (χ3n) is 3.58. The predicted molar refractivity (Wildman–Crippen MR) is 104 cm³/mol. The number of halogens is 3. The molecule has 9 heteroatoms. The third kappa shape index (κ3) is 4.49. The highest BCUT2D eigenvalue weighted by Crippen LogP contribution is 2.28. The van der Waals surface area contributed by atoms with Crippen molar-refractivity contribution in [3.05, 3.63) is 67.7 Å². The quantitative estimate of drug-likeness (QED) is 0.530. The molecule has 0 bridgehead atoms. The summed E-state index contributed by atoms with van der Waals surface area (Å²) in [4.78, 5) is 12.2. The average Bonchev–Trinajstić information content (AvgIpc) is 3.19. The molecule has 0 saturated carbocycles. The highest BCUT2D eigenvalue weighted by Gasteiger charge is 2.14. The second kappa shape index (κ2) is 8.28. The molecule has 1 N–H and O–H groups in total. The van der Waals surface area contributed by atoms with Crippen molar-refractivity contribution in [2.24, 2.45) is 7.05 Å². The molecule has 136 valence electrons. The van der Waals surface area contributed by atoms with Gasteiger partial charge in [0.15, 0.2) is 5.76 Å². The van der Waals surface area contributed by atoms with Crippen LogP contribution in [-0.2, 0) is 20.2 Å². The number of benzene rings is 1. The van der Waals surface area contributed by atoms with Gasteiger partial charge in [0, 0.05) is 11.5 Å². The Morgan fingerprint density at radius 1 is 1.35 bits per heavy atom. The number of ether oxygens (including phenoxy) is 1. The molecule has 0 fully saturated rings. The molecule has 0 atom stereocenters. The normalized spacial score (nSPS) is 10.8. The van der Waals surface area contributed by atoms with Crippen LogP contribution in [0.5, 0.6) is 5.75 Å². The van der Waals surface area contributed by atoms with Crippen LogP contribution < -0.4 is 10.1 Å². The summed E-state index contributed by atoms with van der Waals surface area (Å²) in [6.07, 6.45) is 1.68. The Bertz CT molecular complexity index is 920. The van der Waals surface area contributed by atoms with Gasteiger partial charge in [0.05, 0.1) is 27.9 Å². The Morgan fingerprint density at radius 3 is 2.85 bits per heavy atom. The van der Waals surface area contributed by atoms with Crippen molar-refractivity contribution in [2.45, 2.75) is 13.2 Å². The number of nitrogens with one attached hydrogen (secondary N) is 1. The molecule has 0 spiro atoms. The van der Waals surface area contributed by atoms with Crippen molar-refractivity contribution in [1.82, 2.24) is 15.1 Å². The van der Waals surface area contributed by atoms with E-state index in [-0.39, 0.29) is 18.3 Å². The fourth-order valence-corrected chi connectivity index (χ4v) is 3.42. The highest BCUT2D eigenvalue weighted by atomic mass is 79.9. The minimum atomic E-state index is -0.314. The Morgan fingerprint density at radius 2 is 2.15 bits per heavy atom. The van der Waals surface area contributed by atoms with Crippen molar-refractivity contribution >= 4 is 49.4 Å². The zero-order valence-corrected chi connectivity index (χ0v) is 17.6. The maximum atomic E-state index is 12.2. The molecule has 1 aromatic carbocycles. The van der Waals surface area contributed by atoms with Gasteiger partial charge in [-0.1, -0.05) is 27.5 Å². The number of rotatable bonds is 6. The molecule has 26 heavy (non-hydrogen) atoms. The van der Waals surface area contributed by atoms with Crippen molar-refractivity contribution in [2.75, 3.05) is 0 Å². The van der Waals surface area contributed by atoms with Gasteiger partial charge in [0.25, 0.3) is 5.91 Å². The minimum Gasteiger partial charge on any atom is -0.484 e. The Kier molecular flexibility index (Phi) is 6.05. The first-order valence-electron chi connectivity index (χ1n) is 7.55. The molecular weight excluding hydrogens is 489 g/mol. The van der Waals surface area contributed by atoms with Gasteiger partial charge in [-0.05, 0) is 46.3 Å². The lowest BCUT2D eigenvalue weighted by Crippen LogP contribution is -2.23. The van der Waals surface area contributed by atoms with Gasteiger partial charge in [-0.15, -0.1) is 0 Å². The fourth-order valence-electron chi connectivity index (χ4n) is 2.20. The van der Waals surface area contributed by atoms with E-state index in [0.29, 0.717) is 23.1 Å². The number of carbonyl (C=O) groups excluding carboxylic acids is 1. The number of furan rings is 1. The Balaban J connectivity index is 1.57. The molecule has 0 saturated heterocycles. The zero-order chi connectivity index (χ0) is 18.7. The van der Waals surface area contributed by atoms with Crippen LogP contribution >= 0.6 is 43.5 Å². The molecule has 0 aliphatic heterocycles. The zero-order valence-electron chi connectivity index (χ0n) is 13.6. The molecule has 3 aromatic rings. The summed E-state index contributed by atoms with van der Waals surface area (Å²) in [5.41, 5.74) is 0.860. The summed E-state index contributed by atoms with van der Waals surface area (Å²) in [6.45, 7) is 0.499. The van der Waals surface area contributed by atoms with Crippen LogP contribution in [0.2, 0.25) is 5.02 Å². The van der Waals surface area contributed by atoms with Crippen LogP contribution in [0.1, 0.15) is 22.0 Å². The van der Waals surface area contributed by atoms with Gasteiger partial charge in [0.1, 0.15) is 18.1 Å². The number of carbonyl (C=O) groups is 1. The van der Waals surface area contributed by atoms with Crippen LogP contribution in [0.3, 0.4) is 0 Å². The summed E-state index contributed by atoms with van der Waals surface area (Å²) >= 11 is 12.8. The Hall–Kier alpha value is -1.77. The molecular formula is C17H14Br2ClN3O3. The molecule has 0 aliphatic rings. The maximum Gasteiger partial charge on any atom is 0.287 e. The topological polar surface area (TPSA) is 69.3 Å². The van der Waals surface area contributed by atoms with Crippen LogP contribution in [0.4, 0.5) is 0 Å². The number of aromatic nitrogens is 2. The molecule has 3 rings (SSSR count). The van der Waals surface area contributed by atoms with E-state index in [2.05, 4.69) is 42.3 Å². The number of hydrogen-bond acceptors (Lipinski definition) is 4. The molecule has 6 nitrogen and oxygen atoms in total. The lowest BCUT2D eigenvalue weighted by molar-refractivity contribution is 0.0918. The van der Waals surface area contributed by atoms with Crippen molar-refractivity contribution in [1.29, 1.82) is 0 Å². The van der Waals surface area contributed by atoms with Gasteiger partial charge in [-0.2, -0.15) is 5.10 Å². The Labute approximate surface area is 171 Å². The van der Waals surface area contributed by atoms with E-state index in [0.717, 1.165) is 14.6 Å². The van der Waals surface area contributed by atoms with Crippen LogP contribution in [-0.4, -0.2) is 15.7 Å². The minimum absolute atomic E-state index is 0.169. The van der Waals surface area contributed by atoms with Crippen LogP contribution in [0.25, 0.3) is 0 Å². The first-order chi connectivity index (χ1) is 12.4. The second-order valence-electron chi connectivity index (χ2n) is 5.37. The molecule has 2 aromatic heterocycles. The smallest absolute Gasteiger partial charge is 0.287 e. The van der Waals surface area contributed by atoms with Crippen molar-refractivity contribution in [3.8, 4) is 5.75 Å². The van der Waals surface area contributed by atoms with E-state index in [1.165, 1.54) is 0 Å². The molecule has 0 aliphatic carbocycles. The first-order valence-corrected chi connectivity index (χ1v) is 9.51. The van der Waals surface area contributed by atoms with Crippen LogP contribution in [0.15, 0.2) is 49.9 Å². The number of hydrogen-bond donors (Lipinski definition) is 1. The van der Waals surface area contributed by atoms with E-state index in [9.17, 15) is 4.79 Å². The standard InChI is InChI=1S/C17H14Br2ClN3O3/c1-23-14(12(19)7-22-23)8-21-17(24)16-5-3-11(26-16)9-25-15-4-2-10(18)6-13(15)20/h2-7H,8-9H2,1H3,(H,21,24). The lowest BCUT2D eigenvalue weighted by atomic mass is 10.3. The van der Waals surface area contributed by atoms with E-state index < -0.39 is 0 Å². The lowest BCUT2D eigenvalue weighted by Gasteiger charge is -2.07. The molecule has 1 amide bonds. The number of nitrogens with zero attached hydrogens (tertiary/aromatic N) is 2. The van der Waals surface area contributed by atoms with Crippen LogP contribution in [0, 0.1) is 0 Å². The largest absolute Gasteiger partial charge is 0.484 e. The van der Waals surface area contributed by atoms with Gasteiger partial charge in [-0.3, -0.25) is 9.48 Å².